The summed E-state index contributed by atoms with van der Waals surface area (Å²) in [5.41, 5.74) is -0.560. The Morgan fingerprint density at radius 1 is 1.23 bits per heavy atom. The highest BCUT2D eigenvalue weighted by Gasteiger charge is 2.38. The summed E-state index contributed by atoms with van der Waals surface area (Å²) < 4.78 is 40.6. The first-order valence-electron chi connectivity index (χ1n) is 4.24. The fraction of sp³-hybridized carbons (Fsp3) is 1.00. The maximum absolute atomic E-state index is 11.9. The normalized spacial score (nSPS) is 22.2. The predicted octanol–water partition coefficient (Wildman–Crippen LogP) is 3.27. The Hall–Kier alpha value is 0.230. The fourth-order valence-electron chi connectivity index (χ4n) is 1.57. The van der Waals surface area contributed by atoms with Crippen LogP contribution in [-0.2, 0) is 4.74 Å². The van der Waals surface area contributed by atoms with Gasteiger partial charge in [0.05, 0.1) is 5.60 Å². The van der Waals surface area contributed by atoms with Gasteiger partial charge in [-0.1, -0.05) is 28.8 Å². The summed E-state index contributed by atoms with van der Waals surface area (Å²) in [6.45, 7) is -1.13. The summed E-state index contributed by atoms with van der Waals surface area (Å²) in [5, 5.41) is 0.496. The predicted molar refractivity (Wildman–Crippen MR) is 47.0 cm³/mol. The molecule has 0 aromatic rings. The quantitative estimate of drug-likeness (QED) is 0.708. The van der Waals surface area contributed by atoms with Gasteiger partial charge in [-0.3, -0.25) is 0 Å². The first-order valence-corrected chi connectivity index (χ1v) is 5.36. The van der Waals surface area contributed by atoms with Gasteiger partial charge in [0.2, 0.25) is 0 Å². The molecule has 13 heavy (non-hydrogen) atoms. The average molecular weight is 261 g/mol. The summed E-state index contributed by atoms with van der Waals surface area (Å²) in [7, 11) is 0. The van der Waals surface area contributed by atoms with Crippen LogP contribution in [0.4, 0.5) is 13.2 Å². The van der Waals surface area contributed by atoms with Gasteiger partial charge in [-0.2, -0.15) is 13.2 Å². The zero-order chi connectivity index (χ0) is 9.95. The second kappa shape index (κ2) is 4.17. The number of rotatable bonds is 3. The van der Waals surface area contributed by atoms with Gasteiger partial charge < -0.3 is 4.74 Å². The van der Waals surface area contributed by atoms with Gasteiger partial charge >= 0.3 is 6.18 Å². The van der Waals surface area contributed by atoms with E-state index in [0.29, 0.717) is 5.33 Å². The number of ether oxygens (including phenoxy) is 1. The van der Waals surface area contributed by atoms with Crippen LogP contribution in [0, 0.1) is 0 Å². The average Bonchev–Trinajstić information content (AvgIpc) is 2.49. The Morgan fingerprint density at radius 2 is 1.77 bits per heavy atom. The molecule has 0 aromatic carbocycles. The van der Waals surface area contributed by atoms with Gasteiger partial charge in [0.15, 0.2) is 0 Å². The van der Waals surface area contributed by atoms with E-state index in [1.165, 1.54) is 0 Å². The molecule has 1 rings (SSSR count). The molecule has 0 N–H and O–H groups in total. The lowest BCUT2D eigenvalue weighted by Crippen LogP contribution is -2.35. The molecule has 1 saturated carbocycles. The lowest BCUT2D eigenvalue weighted by molar-refractivity contribution is -0.200. The Morgan fingerprint density at radius 3 is 2.15 bits per heavy atom. The second-order valence-electron chi connectivity index (χ2n) is 3.43. The summed E-state index contributed by atoms with van der Waals surface area (Å²) in [4.78, 5) is 0. The third-order valence-electron chi connectivity index (χ3n) is 2.30. The maximum Gasteiger partial charge on any atom is 0.411 e. The molecule has 0 aliphatic heterocycles. The zero-order valence-corrected chi connectivity index (χ0v) is 8.75. The van der Waals surface area contributed by atoms with Gasteiger partial charge in [0.25, 0.3) is 0 Å². The summed E-state index contributed by atoms with van der Waals surface area (Å²) >= 11 is 3.21. The van der Waals surface area contributed by atoms with Crippen LogP contribution in [0.3, 0.4) is 0 Å². The summed E-state index contributed by atoms with van der Waals surface area (Å²) in [6.07, 6.45) is -0.826. The Bertz CT molecular complexity index is 163. The largest absolute Gasteiger partial charge is 0.411 e. The lowest BCUT2D eigenvalue weighted by atomic mass is 10.1. The van der Waals surface area contributed by atoms with E-state index in [1.807, 2.05) is 0 Å². The Labute approximate surface area is 83.8 Å². The molecule has 0 aromatic heterocycles. The van der Waals surface area contributed by atoms with Gasteiger partial charge in [-0.15, -0.1) is 0 Å². The summed E-state index contributed by atoms with van der Waals surface area (Å²) in [6, 6.07) is 0. The minimum Gasteiger partial charge on any atom is -0.365 e. The molecule has 78 valence electrons. The molecule has 1 fully saturated rings. The molecule has 0 radical (unpaired) electrons. The smallest absolute Gasteiger partial charge is 0.365 e. The van der Waals surface area contributed by atoms with E-state index < -0.39 is 18.4 Å². The van der Waals surface area contributed by atoms with E-state index in [9.17, 15) is 13.2 Å². The SMILES string of the molecule is FC(F)(F)COC1(CBr)CCCC1. The molecule has 1 aliphatic carbocycles. The molecule has 1 aliphatic rings. The van der Waals surface area contributed by atoms with Crippen LogP contribution < -0.4 is 0 Å². The van der Waals surface area contributed by atoms with Crippen molar-refractivity contribution in [2.75, 3.05) is 11.9 Å². The van der Waals surface area contributed by atoms with Crippen molar-refractivity contribution >= 4 is 15.9 Å². The van der Waals surface area contributed by atoms with Crippen molar-refractivity contribution in [3.05, 3.63) is 0 Å². The second-order valence-corrected chi connectivity index (χ2v) is 3.99. The third-order valence-corrected chi connectivity index (χ3v) is 3.32. The maximum atomic E-state index is 11.9. The molecule has 0 unspecified atom stereocenters. The van der Waals surface area contributed by atoms with Gasteiger partial charge in [-0.05, 0) is 12.8 Å². The molecule has 0 heterocycles. The van der Waals surface area contributed by atoms with E-state index >= 15 is 0 Å². The van der Waals surface area contributed by atoms with Crippen LogP contribution in [0.25, 0.3) is 0 Å². The molecule has 5 heteroatoms. The minimum atomic E-state index is -4.21. The highest BCUT2D eigenvalue weighted by atomic mass is 79.9. The number of alkyl halides is 4. The number of hydrogen-bond acceptors (Lipinski definition) is 1. The zero-order valence-electron chi connectivity index (χ0n) is 7.16. The molecule has 0 spiro atoms. The van der Waals surface area contributed by atoms with E-state index in [2.05, 4.69) is 15.9 Å². The Kier molecular flexibility index (Phi) is 3.63. The van der Waals surface area contributed by atoms with Gasteiger partial charge in [0.1, 0.15) is 6.61 Å². The standard InChI is InChI=1S/C8H12BrF3O/c9-5-7(3-1-2-4-7)13-6-8(10,11)12/h1-6H2. The van der Waals surface area contributed by atoms with Crippen molar-refractivity contribution in [3.63, 3.8) is 0 Å². The van der Waals surface area contributed by atoms with Crippen LogP contribution in [0.1, 0.15) is 25.7 Å². The fourth-order valence-corrected chi connectivity index (χ4v) is 2.29. The third kappa shape index (κ3) is 3.46. The highest BCUT2D eigenvalue weighted by Crippen LogP contribution is 2.35. The van der Waals surface area contributed by atoms with Gasteiger partial charge in [0, 0.05) is 5.33 Å². The van der Waals surface area contributed by atoms with Crippen molar-refractivity contribution in [3.8, 4) is 0 Å². The van der Waals surface area contributed by atoms with Crippen LogP contribution in [0.5, 0.6) is 0 Å². The Balaban J connectivity index is 2.40. The molecule has 0 atom stereocenters. The monoisotopic (exact) mass is 260 g/mol. The van der Waals surface area contributed by atoms with E-state index in [0.717, 1.165) is 25.7 Å². The van der Waals surface area contributed by atoms with Crippen molar-refractivity contribution in [1.29, 1.82) is 0 Å². The summed E-state index contributed by atoms with van der Waals surface area (Å²) in [5.74, 6) is 0. The molecule has 1 nitrogen and oxygen atoms in total. The minimum absolute atomic E-state index is 0.496. The van der Waals surface area contributed by atoms with E-state index in [1.54, 1.807) is 0 Å². The van der Waals surface area contributed by atoms with E-state index in [4.69, 9.17) is 4.74 Å². The molecule has 0 saturated heterocycles. The van der Waals surface area contributed by atoms with Crippen molar-refractivity contribution in [2.45, 2.75) is 37.5 Å². The number of hydrogen-bond donors (Lipinski definition) is 0. The van der Waals surface area contributed by atoms with Crippen LogP contribution >= 0.6 is 15.9 Å². The number of halogens is 4. The molecule has 0 amide bonds. The van der Waals surface area contributed by atoms with Crippen molar-refractivity contribution in [2.24, 2.45) is 0 Å². The van der Waals surface area contributed by atoms with Crippen LogP contribution in [-0.4, -0.2) is 23.7 Å². The highest BCUT2D eigenvalue weighted by molar-refractivity contribution is 9.09. The lowest BCUT2D eigenvalue weighted by Gasteiger charge is -2.27. The van der Waals surface area contributed by atoms with Gasteiger partial charge in [-0.25, -0.2) is 0 Å². The topological polar surface area (TPSA) is 9.23 Å². The first kappa shape index (κ1) is 11.3. The molecular weight excluding hydrogens is 249 g/mol. The first-order chi connectivity index (χ1) is 5.97. The molecular formula is C8H12BrF3O. The van der Waals surface area contributed by atoms with Crippen molar-refractivity contribution in [1.82, 2.24) is 0 Å². The van der Waals surface area contributed by atoms with Crippen LogP contribution in [0.2, 0.25) is 0 Å². The molecule has 0 bridgehead atoms. The van der Waals surface area contributed by atoms with Crippen molar-refractivity contribution < 1.29 is 17.9 Å². The van der Waals surface area contributed by atoms with Crippen LogP contribution in [0.15, 0.2) is 0 Å². The van der Waals surface area contributed by atoms with E-state index in [-0.39, 0.29) is 0 Å².